The molecule has 9 nitrogen and oxygen atoms in total. The molecular formula is C20H23N5O4S. The highest BCUT2D eigenvalue weighted by Gasteiger charge is 2.30. The van der Waals surface area contributed by atoms with Crippen molar-refractivity contribution in [1.29, 1.82) is 0 Å². The van der Waals surface area contributed by atoms with E-state index in [0.717, 1.165) is 17.7 Å². The first-order chi connectivity index (χ1) is 14.6. The van der Waals surface area contributed by atoms with Crippen LogP contribution in [-0.2, 0) is 6.54 Å². The van der Waals surface area contributed by atoms with E-state index in [-0.39, 0.29) is 24.8 Å². The molecule has 2 amide bonds. The molecule has 0 aliphatic heterocycles. The maximum atomic E-state index is 12.8. The average Bonchev–Trinajstić information content (AvgIpc) is 3.32. The predicted molar refractivity (Wildman–Crippen MR) is 115 cm³/mol. The van der Waals surface area contributed by atoms with Gasteiger partial charge in [0.15, 0.2) is 5.82 Å². The molecule has 30 heavy (non-hydrogen) atoms. The molecule has 1 aromatic carbocycles. The second-order valence-electron chi connectivity index (χ2n) is 6.85. The standard InChI is InChI=1S/C20H23N5O4S/c1-28-14-7-8-15(16(12-14)29-2)22-19(26)21-9-10-24-20(27)25(13-5-6-13)18(23-24)17-4-3-11-30-17/h3-4,7-8,11-13H,5-6,9-10H2,1-2H3,(H2,21,22,26). The maximum Gasteiger partial charge on any atom is 0.346 e. The Hall–Kier alpha value is -3.27. The van der Waals surface area contributed by atoms with Crippen LogP contribution < -0.4 is 25.8 Å². The highest BCUT2D eigenvalue weighted by atomic mass is 32.1. The second kappa shape index (κ2) is 8.62. The number of carbonyl (C=O) groups is 1. The number of amides is 2. The zero-order chi connectivity index (χ0) is 21.1. The van der Waals surface area contributed by atoms with Gasteiger partial charge in [-0.15, -0.1) is 16.4 Å². The molecular weight excluding hydrogens is 406 g/mol. The molecule has 1 fully saturated rings. The van der Waals surface area contributed by atoms with E-state index in [1.165, 1.54) is 11.8 Å². The van der Waals surface area contributed by atoms with Crippen LogP contribution in [0.3, 0.4) is 0 Å². The van der Waals surface area contributed by atoms with Crippen LogP contribution in [0.15, 0.2) is 40.5 Å². The lowest BCUT2D eigenvalue weighted by atomic mass is 10.2. The molecule has 0 bridgehead atoms. The molecule has 2 heterocycles. The number of nitrogens with one attached hydrogen (secondary N) is 2. The van der Waals surface area contributed by atoms with Crippen molar-refractivity contribution >= 4 is 23.1 Å². The van der Waals surface area contributed by atoms with E-state index in [9.17, 15) is 9.59 Å². The molecule has 4 rings (SSSR count). The summed E-state index contributed by atoms with van der Waals surface area (Å²) in [6, 6.07) is 8.85. The summed E-state index contributed by atoms with van der Waals surface area (Å²) in [6.45, 7) is 0.542. The van der Waals surface area contributed by atoms with Gasteiger partial charge in [0.2, 0.25) is 0 Å². The molecule has 1 saturated carbocycles. The molecule has 158 valence electrons. The van der Waals surface area contributed by atoms with Crippen LogP contribution in [0.5, 0.6) is 11.5 Å². The largest absolute Gasteiger partial charge is 0.497 e. The third-order valence-electron chi connectivity index (χ3n) is 4.79. The highest BCUT2D eigenvalue weighted by Crippen LogP contribution is 2.37. The fourth-order valence-electron chi connectivity index (χ4n) is 3.15. The normalized spacial score (nSPS) is 13.1. The van der Waals surface area contributed by atoms with Crippen molar-refractivity contribution in [3.8, 4) is 22.2 Å². The Morgan fingerprint density at radius 3 is 2.77 bits per heavy atom. The van der Waals surface area contributed by atoms with Crippen molar-refractivity contribution in [3.05, 3.63) is 46.2 Å². The van der Waals surface area contributed by atoms with Gasteiger partial charge in [-0.2, -0.15) is 0 Å². The first kappa shape index (κ1) is 20.0. The molecule has 1 aliphatic carbocycles. The summed E-state index contributed by atoms with van der Waals surface area (Å²) in [6.07, 6.45) is 1.99. The molecule has 3 aromatic rings. The van der Waals surface area contributed by atoms with Gasteiger partial charge in [-0.05, 0) is 36.4 Å². The van der Waals surface area contributed by atoms with Crippen LogP contribution in [0.4, 0.5) is 10.5 Å². The van der Waals surface area contributed by atoms with Crippen LogP contribution in [0.25, 0.3) is 10.7 Å². The highest BCUT2D eigenvalue weighted by molar-refractivity contribution is 7.13. The molecule has 0 unspecified atom stereocenters. The van der Waals surface area contributed by atoms with Crippen LogP contribution in [0, 0.1) is 0 Å². The topological polar surface area (TPSA) is 99.4 Å². The van der Waals surface area contributed by atoms with Crippen LogP contribution in [-0.4, -0.2) is 41.1 Å². The SMILES string of the molecule is COc1ccc(NC(=O)NCCn2nc(-c3cccs3)n(C3CC3)c2=O)c(OC)c1. The zero-order valence-corrected chi connectivity index (χ0v) is 17.6. The molecule has 0 atom stereocenters. The van der Waals surface area contributed by atoms with Gasteiger partial charge in [0.25, 0.3) is 0 Å². The molecule has 0 saturated heterocycles. The number of hydrogen-bond acceptors (Lipinski definition) is 6. The molecule has 2 N–H and O–H groups in total. The Morgan fingerprint density at radius 1 is 1.27 bits per heavy atom. The average molecular weight is 430 g/mol. The van der Waals surface area contributed by atoms with Crippen LogP contribution >= 0.6 is 11.3 Å². The maximum absolute atomic E-state index is 12.8. The number of nitrogens with zero attached hydrogens (tertiary/aromatic N) is 3. The van der Waals surface area contributed by atoms with Gasteiger partial charge in [0, 0.05) is 18.7 Å². The minimum absolute atomic E-state index is 0.139. The number of thiophene rings is 1. The molecule has 2 aromatic heterocycles. The third-order valence-corrected chi connectivity index (χ3v) is 5.66. The monoisotopic (exact) mass is 429 g/mol. The Kier molecular flexibility index (Phi) is 5.75. The minimum Gasteiger partial charge on any atom is -0.497 e. The number of ether oxygens (including phenoxy) is 2. The van der Waals surface area contributed by atoms with Crippen molar-refractivity contribution in [1.82, 2.24) is 19.7 Å². The summed E-state index contributed by atoms with van der Waals surface area (Å²) in [5, 5.41) is 12.0. The lowest BCUT2D eigenvalue weighted by Gasteiger charge is -2.12. The summed E-state index contributed by atoms with van der Waals surface area (Å²) < 4.78 is 13.6. The van der Waals surface area contributed by atoms with E-state index in [1.54, 1.807) is 41.2 Å². The van der Waals surface area contributed by atoms with E-state index in [0.29, 0.717) is 23.0 Å². The quantitative estimate of drug-likeness (QED) is 0.574. The molecule has 10 heteroatoms. The fraction of sp³-hybridized carbons (Fsp3) is 0.350. The Bertz CT molecular complexity index is 1090. The van der Waals surface area contributed by atoms with E-state index in [1.807, 2.05) is 17.5 Å². The smallest absolute Gasteiger partial charge is 0.346 e. The van der Waals surface area contributed by atoms with Crippen molar-refractivity contribution in [3.63, 3.8) is 0 Å². The van der Waals surface area contributed by atoms with E-state index < -0.39 is 6.03 Å². The van der Waals surface area contributed by atoms with E-state index in [2.05, 4.69) is 15.7 Å². The minimum atomic E-state index is -0.397. The van der Waals surface area contributed by atoms with Gasteiger partial charge >= 0.3 is 11.7 Å². The first-order valence-electron chi connectivity index (χ1n) is 9.61. The third kappa shape index (κ3) is 4.18. The van der Waals surface area contributed by atoms with Gasteiger partial charge in [-0.25, -0.2) is 14.3 Å². The van der Waals surface area contributed by atoms with Gasteiger partial charge in [-0.1, -0.05) is 6.07 Å². The van der Waals surface area contributed by atoms with Gasteiger partial charge in [0.05, 0.1) is 31.3 Å². The zero-order valence-electron chi connectivity index (χ0n) is 16.8. The van der Waals surface area contributed by atoms with Crippen LogP contribution in [0.2, 0.25) is 0 Å². The summed E-state index contributed by atoms with van der Waals surface area (Å²) in [4.78, 5) is 26.0. The summed E-state index contributed by atoms with van der Waals surface area (Å²) in [5.74, 6) is 1.82. The summed E-state index contributed by atoms with van der Waals surface area (Å²) >= 11 is 1.56. The van der Waals surface area contributed by atoms with Crippen molar-refractivity contribution in [2.75, 3.05) is 26.1 Å². The number of carbonyl (C=O) groups excluding carboxylic acids is 1. The van der Waals surface area contributed by atoms with Crippen molar-refractivity contribution in [2.45, 2.75) is 25.4 Å². The Labute approximate surface area is 177 Å². The number of benzene rings is 1. The number of rotatable bonds is 8. The van der Waals surface area contributed by atoms with Gasteiger partial charge < -0.3 is 20.1 Å². The number of anilines is 1. The lowest BCUT2D eigenvalue weighted by Crippen LogP contribution is -2.34. The lowest BCUT2D eigenvalue weighted by molar-refractivity contribution is 0.251. The van der Waals surface area contributed by atoms with Crippen LogP contribution in [0.1, 0.15) is 18.9 Å². The Balaban J connectivity index is 1.40. The van der Waals surface area contributed by atoms with Crippen molar-refractivity contribution < 1.29 is 14.3 Å². The molecule has 0 radical (unpaired) electrons. The fourth-order valence-corrected chi connectivity index (χ4v) is 3.85. The number of aromatic nitrogens is 3. The number of urea groups is 1. The number of hydrogen-bond donors (Lipinski definition) is 2. The predicted octanol–water partition coefficient (Wildman–Crippen LogP) is 2.95. The molecule has 0 spiro atoms. The summed E-state index contributed by atoms with van der Waals surface area (Å²) in [5.41, 5.74) is 0.380. The van der Waals surface area contributed by atoms with Crippen molar-refractivity contribution in [2.24, 2.45) is 0 Å². The molecule has 1 aliphatic rings. The Morgan fingerprint density at radius 2 is 2.10 bits per heavy atom. The summed E-state index contributed by atoms with van der Waals surface area (Å²) in [7, 11) is 3.08. The van der Waals surface area contributed by atoms with E-state index >= 15 is 0 Å². The first-order valence-corrected chi connectivity index (χ1v) is 10.5. The van der Waals surface area contributed by atoms with Gasteiger partial charge in [0.1, 0.15) is 11.5 Å². The second-order valence-corrected chi connectivity index (χ2v) is 7.80. The number of methoxy groups -OCH3 is 2. The van der Waals surface area contributed by atoms with Gasteiger partial charge in [-0.3, -0.25) is 4.57 Å². The van der Waals surface area contributed by atoms with E-state index in [4.69, 9.17) is 9.47 Å².